The van der Waals surface area contributed by atoms with E-state index in [2.05, 4.69) is 0 Å². The Kier molecular flexibility index (Phi) is 4.28. The smallest absolute Gasteiger partial charge is 0.214 e. The van der Waals surface area contributed by atoms with Crippen molar-refractivity contribution in [2.24, 2.45) is 5.73 Å². The van der Waals surface area contributed by atoms with Crippen molar-refractivity contribution in [3.05, 3.63) is 0 Å². The zero-order valence-corrected chi connectivity index (χ0v) is 11.6. The summed E-state index contributed by atoms with van der Waals surface area (Å²) in [5.41, 5.74) is 5.55. The van der Waals surface area contributed by atoms with Crippen LogP contribution in [0.5, 0.6) is 0 Å². The Morgan fingerprint density at radius 1 is 1.39 bits per heavy atom. The van der Waals surface area contributed by atoms with E-state index in [0.29, 0.717) is 45.5 Å². The van der Waals surface area contributed by atoms with Gasteiger partial charge >= 0.3 is 0 Å². The standard InChI is InChI=1S/C11H22N2O4S/c1-2-7-18(14,15)13-5-3-11(4-6-13)16-9-10(8-12)17-11/h10H,2-9,12H2,1H3. The molecule has 0 aromatic rings. The van der Waals surface area contributed by atoms with E-state index >= 15 is 0 Å². The minimum absolute atomic E-state index is 0.0520. The van der Waals surface area contributed by atoms with Crippen LogP contribution in [0.2, 0.25) is 0 Å². The number of ether oxygens (including phenoxy) is 2. The second-order valence-corrected chi connectivity index (χ2v) is 7.00. The van der Waals surface area contributed by atoms with Crippen molar-refractivity contribution in [1.29, 1.82) is 0 Å². The van der Waals surface area contributed by atoms with Crippen LogP contribution in [0.3, 0.4) is 0 Å². The van der Waals surface area contributed by atoms with E-state index in [0.717, 1.165) is 0 Å². The lowest BCUT2D eigenvalue weighted by molar-refractivity contribution is -0.188. The van der Waals surface area contributed by atoms with Gasteiger partial charge in [0.2, 0.25) is 10.0 Å². The van der Waals surface area contributed by atoms with Gasteiger partial charge in [0, 0.05) is 32.5 Å². The van der Waals surface area contributed by atoms with Gasteiger partial charge in [-0.25, -0.2) is 12.7 Å². The summed E-state index contributed by atoms with van der Waals surface area (Å²) < 4.78 is 36.9. The number of rotatable bonds is 4. The Hall–Kier alpha value is -0.210. The number of hydrogen-bond acceptors (Lipinski definition) is 5. The van der Waals surface area contributed by atoms with Gasteiger partial charge in [-0.3, -0.25) is 0 Å². The molecular formula is C11H22N2O4S. The average molecular weight is 278 g/mol. The molecule has 7 heteroatoms. The maximum absolute atomic E-state index is 11.9. The summed E-state index contributed by atoms with van der Waals surface area (Å²) in [6.07, 6.45) is 1.77. The molecule has 2 rings (SSSR count). The van der Waals surface area contributed by atoms with Gasteiger partial charge in [-0.2, -0.15) is 0 Å². The summed E-state index contributed by atoms with van der Waals surface area (Å²) >= 11 is 0. The van der Waals surface area contributed by atoms with Crippen molar-refractivity contribution < 1.29 is 17.9 Å². The molecule has 2 saturated heterocycles. The third kappa shape index (κ3) is 2.85. The van der Waals surface area contributed by atoms with Crippen LogP contribution in [0.1, 0.15) is 26.2 Å². The molecule has 0 aromatic heterocycles. The topological polar surface area (TPSA) is 81.9 Å². The van der Waals surface area contributed by atoms with E-state index in [1.54, 1.807) is 4.31 Å². The predicted molar refractivity (Wildman–Crippen MR) is 67.5 cm³/mol. The molecule has 6 nitrogen and oxygen atoms in total. The normalized spacial score (nSPS) is 28.9. The lowest BCUT2D eigenvalue weighted by Crippen LogP contribution is -2.48. The highest BCUT2D eigenvalue weighted by Crippen LogP contribution is 2.34. The molecule has 0 saturated carbocycles. The quantitative estimate of drug-likeness (QED) is 0.776. The van der Waals surface area contributed by atoms with Gasteiger partial charge in [0.15, 0.2) is 5.79 Å². The van der Waals surface area contributed by atoms with Crippen molar-refractivity contribution in [2.75, 3.05) is 32.0 Å². The van der Waals surface area contributed by atoms with E-state index < -0.39 is 15.8 Å². The van der Waals surface area contributed by atoms with Crippen LogP contribution in [-0.2, 0) is 19.5 Å². The molecule has 1 unspecified atom stereocenters. The maximum Gasteiger partial charge on any atom is 0.214 e. The first-order chi connectivity index (χ1) is 8.51. The fourth-order valence-electron chi connectivity index (χ4n) is 2.49. The number of piperidine rings is 1. The SMILES string of the molecule is CCCS(=O)(=O)N1CCC2(CC1)OCC(CN)O2. The largest absolute Gasteiger partial charge is 0.347 e. The highest BCUT2D eigenvalue weighted by molar-refractivity contribution is 7.89. The van der Waals surface area contributed by atoms with Crippen molar-refractivity contribution in [1.82, 2.24) is 4.31 Å². The highest BCUT2D eigenvalue weighted by atomic mass is 32.2. The van der Waals surface area contributed by atoms with Crippen LogP contribution in [0.4, 0.5) is 0 Å². The first-order valence-corrected chi connectivity index (χ1v) is 8.12. The molecule has 106 valence electrons. The fourth-order valence-corrected chi connectivity index (χ4v) is 4.00. The molecule has 2 aliphatic heterocycles. The number of sulfonamides is 1. The summed E-state index contributed by atoms with van der Waals surface area (Å²) in [4.78, 5) is 0. The fraction of sp³-hybridized carbons (Fsp3) is 1.00. The van der Waals surface area contributed by atoms with Crippen LogP contribution >= 0.6 is 0 Å². The summed E-state index contributed by atoms with van der Waals surface area (Å²) in [5, 5.41) is 0. The first kappa shape index (κ1) is 14.2. The van der Waals surface area contributed by atoms with E-state index in [1.807, 2.05) is 6.92 Å². The Labute approximate surface area is 108 Å². The molecule has 0 aromatic carbocycles. The third-order valence-electron chi connectivity index (χ3n) is 3.52. The molecule has 0 amide bonds. The van der Waals surface area contributed by atoms with Gasteiger partial charge < -0.3 is 15.2 Å². The second-order valence-electron chi connectivity index (χ2n) is 4.91. The molecule has 1 spiro atoms. The monoisotopic (exact) mass is 278 g/mol. The lowest BCUT2D eigenvalue weighted by atomic mass is 10.1. The number of hydrogen-bond donors (Lipinski definition) is 1. The number of nitrogens with zero attached hydrogens (tertiary/aromatic N) is 1. The van der Waals surface area contributed by atoms with E-state index in [1.165, 1.54) is 0 Å². The lowest BCUT2D eigenvalue weighted by Gasteiger charge is -2.37. The Balaban J connectivity index is 1.92. The second kappa shape index (κ2) is 5.42. The molecule has 2 fully saturated rings. The zero-order chi connectivity index (χ0) is 13.2. The van der Waals surface area contributed by atoms with Gasteiger partial charge in [0.1, 0.15) is 0 Å². The summed E-state index contributed by atoms with van der Waals surface area (Å²) in [6.45, 7) is 3.77. The molecule has 2 aliphatic rings. The number of nitrogens with two attached hydrogens (primary N) is 1. The van der Waals surface area contributed by atoms with Crippen molar-refractivity contribution in [3.8, 4) is 0 Å². The van der Waals surface area contributed by atoms with Crippen molar-refractivity contribution in [3.63, 3.8) is 0 Å². The maximum atomic E-state index is 11.9. The van der Waals surface area contributed by atoms with Crippen molar-refractivity contribution >= 4 is 10.0 Å². The Morgan fingerprint density at radius 2 is 2.06 bits per heavy atom. The van der Waals surface area contributed by atoms with E-state index in [-0.39, 0.29) is 11.9 Å². The van der Waals surface area contributed by atoms with Gasteiger partial charge in [0.25, 0.3) is 0 Å². The van der Waals surface area contributed by atoms with Gasteiger partial charge in [-0.15, -0.1) is 0 Å². The minimum atomic E-state index is -3.10. The molecule has 0 radical (unpaired) electrons. The highest BCUT2D eigenvalue weighted by Gasteiger charge is 2.45. The van der Waals surface area contributed by atoms with E-state index in [4.69, 9.17) is 15.2 Å². The zero-order valence-electron chi connectivity index (χ0n) is 10.8. The predicted octanol–water partition coefficient (Wildman–Crippen LogP) is -0.108. The first-order valence-electron chi connectivity index (χ1n) is 6.51. The summed E-state index contributed by atoms with van der Waals surface area (Å²) in [7, 11) is -3.10. The summed E-state index contributed by atoms with van der Waals surface area (Å²) in [6, 6.07) is 0. The van der Waals surface area contributed by atoms with Crippen molar-refractivity contribution in [2.45, 2.75) is 38.1 Å². The molecule has 2 heterocycles. The average Bonchev–Trinajstić information content (AvgIpc) is 2.73. The third-order valence-corrected chi connectivity index (χ3v) is 5.59. The molecule has 2 N–H and O–H groups in total. The van der Waals surface area contributed by atoms with Crippen LogP contribution in [0, 0.1) is 0 Å². The Bertz CT molecular complexity index is 377. The van der Waals surface area contributed by atoms with Crippen LogP contribution in [0.25, 0.3) is 0 Å². The van der Waals surface area contributed by atoms with E-state index in [9.17, 15) is 8.42 Å². The molecular weight excluding hydrogens is 256 g/mol. The van der Waals surface area contributed by atoms with Crippen LogP contribution in [0.15, 0.2) is 0 Å². The molecule has 18 heavy (non-hydrogen) atoms. The Morgan fingerprint density at radius 3 is 2.56 bits per heavy atom. The van der Waals surface area contributed by atoms with Gasteiger partial charge in [-0.1, -0.05) is 6.92 Å². The molecule has 1 atom stereocenters. The van der Waals surface area contributed by atoms with Crippen LogP contribution < -0.4 is 5.73 Å². The summed E-state index contributed by atoms with van der Waals surface area (Å²) in [5.74, 6) is -0.380. The molecule has 0 bridgehead atoms. The van der Waals surface area contributed by atoms with Gasteiger partial charge in [0.05, 0.1) is 18.5 Å². The molecule has 0 aliphatic carbocycles. The van der Waals surface area contributed by atoms with Crippen LogP contribution in [-0.4, -0.2) is 56.6 Å². The minimum Gasteiger partial charge on any atom is -0.347 e. The van der Waals surface area contributed by atoms with Gasteiger partial charge in [-0.05, 0) is 6.42 Å².